The third-order valence-electron chi connectivity index (χ3n) is 2.55. The van der Waals surface area contributed by atoms with Crippen LogP contribution in [0.2, 0.25) is 5.02 Å². The van der Waals surface area contributed by atoms with Crippen LogP contribution in [0.1, 0.15) is 5.56 Å². The first-order valence-corrected chi connectivity index (χ1v) is 6.61. The number of benzene rings is 2. The normalized spacial score (nSPS) is 10.3. The SMILES string of the molecule is Cc1ccc(Nc2ccc(Br)cc2[N+](=O)[O-])c(Cl)c1. The predicted octanol–water partition coefficient (Wildman–Crippen LogP) is 5.06. The van der Waals surface area contributed by atoms with E-state index in [0.717, 1.165) is 5.56 Å². The lowest BCUT2D eigenvalue weighted by molar-refractivity contribution is -0.384. The van der Waals surface area contributed by atoms with E-state index in [1.807, 2.05) is 13.0 Å². The number of nitrogens with zero attached hydrogens (tertiary/aromatic N) is 1. The van der Waals surface area contributed by atoms with Gasteiger partial charge < -0.3 is 5.32 Å². The highest BCUT2D eigenvalue weighted by molar-refractivity contribution is 9.10. The van der Waals surface area contributed by atoms with Gasteiger partial charge in [0.05, 0.1) is 15.6 Å². The van der Waals surface area contributed by atoms with Crippen molar-refractivity contribution in [1.29, 1.82) is 0 Å². The van der Waals surface area contributed by atoms with Gasteiger partial charge in [0.1, 0.15) is 5.69 Å². The predicted molar refractivity (Wildman–Crippen MR) is 80.3 cm³/mol. The van der Waals surface area contributed by atoms with Gasteiger partial charge in [-0.2, -0.15) is 0 Å². The summed E-state index contributed by atoms with van der Waals surface area (Å²) in [7, 11) is 0. The molecule has 0 aliphatic heterocycles. The highest BCUT2D eigenvalue weighted by atomic mass is 79.9. The van der Waals surface area contributed by atoms with Gasteiger partial charge in [0.2, 0.25) is 0 Å². The molecule has 4 nitrogen and oxygen atoms in total. The zero-order valence-corrected chi connectivity index (χ0v) is 12.3. The molecule has 0 amide bonds. The van der Waals surface area contributed by atoms with E-state index in [-0.39, 0.29) is 5.69 Å². The molecule has 0 radical (unpaired) electrons. The third-order valence-corrected chi connectivity index (χ3v) is 3.36. The van der Waals surface area contributed by atoms with Crippen LogP contribution in [0.4, 0.5) is 17.1 Å². The van der Waals surface area contributed by atoms with E-state index < -0.39 is 4.92 Å². The fourth-order valence-electron chi connectivity index (χ4n) is 1.63. The van der Waals surface area contributed by atoms with E-state index in [1.165, 1.54) is 6.07 Å². The van der Waals surface area contributed by atoms with Gasteiger partial charge in [-0.25, -0.2) is 0 Å². The fourth-order valence-corrected chi connectivity index (χ4v) is 2.26. The quantitative estimate of drug-likeness (QED) is 0.627. The molecule has 0 aliphatic rings. The maximum atomic E-state index is 11.0. The number of aryl methyl sites for hydroxylation is 1. The van der Waals surface area contributed by atoms with Crippen LogP contribution in [-0.2, 0) is 0 Å². The Morgan fingerprint density at radius 3 is 2.53 bits per heavy atom. The van der Waals surface area contributed by atoms with Gasteiger partial charge >= 0.3 is 0 Å². The van der Waals surface area contributed by atoms with Gasteiger partial charge in [-0.05, 0) is 36.8 Å². The van der Waals surface area contributed by atoms with Crippen LogP contribution in [0.3, 0.4) is 0 Å². The van der Waals surface area contributed by atoms with Gasteiger partial charge in [-0.3, -0.25) is 10.1 Å². The molecule has 2 aromatic rings. The summed E-state index contributed by atoms with van der Waals surface area (Å²) in [6.07, 6.45) is 0. The third kappa shape index (κ3) is 3.24. The van der Waals surface area contributed by atoms with Crippen LogP contribution in [-0.4, -0.2) is 4.92 Å². The summed E-state index contributed by atoms with van der Waals surface area (Å²) < 4.78 is 0.653. The van der Waals surface area contributed by atoms with E-state index in [2.05, 4.69) is 21.2 Å². The van der Waals surface area contributed by atoms with Crippen molar-refractivity contribution in [2.24, 2.45) is 0 Å². The molecule has 2 rings (SSSR count). The minimum absolute atomic E-state index is 0.00832. The molecule has 0 heterocycles. The number of nitro groups is 1. The molecule has 98 valence electrons. The van der Waals surface area contributed by atoms with Crippen molar-refractivity contribution in [3.8, 4) is 0 Å². The molecule has 19 heavy (non-hydrogen) atoms. The molecule has 0 atom stereocenters. The lowest BCUT2D eigenvalue weighted by Crippen LogP contribution is -1.97. The first-order valence-electron chi connectivity index (χ1n) is 5.44. The van der Waals surface area contributed by atoms with Crippen molar-refractivity contribution >= 4 is 44.6 Å². The van der Waals surface area contributed by atoms with Crippen molar-refractivity contribution < 1.29 is 4.92 Å². The summed E-state index contributed by atoms with van der Waals surface area (Å²) in [5.41, 5.74) is 2.06. The Morgan fingerprint density at radius 2 is 1.89 bits per heavy atom. The van der Waals surface area contributed by atoms with Crippen molar-refractivity contribution in [2.75, 3.05) is 5.32 Å². The second kappa shape index (κ2) is 5.59. The van der Waals surface area contributed by atoms with Gasteiger partial charge in [-0.15, -0.1) is 0 Å². The molecule has 0 unspecified atom stereocenters. The maximum Gasteiger partial charge on any atom is 0.293 e. The highest BCUT2D eigenvalue weighted by Crippen LogP contribution is 2.33. The summed E-state index contributed by atoms with van der Waals surface area (Å²) in [4.78, 5) is 10.6. The van der Waals surface area contributed by atoms with Crippen LogP contribution in [0, 0.1) is 17.0 Å². The van der Waals surface area contributed by atoms with Crippen molar-refractivity contribution in [1.82, 2.24) is 0 Å². The maximum absolute atomic E-state index is 11.0. The fraction of sp³-hybridized carbons (Fsp3) is 0.0769. The largest absolute Gasteiger partial charge is 0.349 e. The molecule has 2 aromatic carbocycles. The number of nitro benzene ring substituents is 1. The molecule has 0 saturated heterocycles. The van der Waals surface area contributed by atoms with E-state index >= 15 is 0 Å². The molecular formula is C13H10BrClN2O2. The average Bonchev–Trinajstić information content (AvgIpc) is 2.34. The lowest BCUT2D eigenvalue weighted by atomic mass is 10.2. The van der Waals surface area contributed by atoms with E-state index in [1.54, 1.807) is 24.3 Å². The molecule has 6 heteroatoms. The Hall–Kier alpha value is -1.59. The number of nitrogens with one attached hydrogen (secondary N) is 1. The molecule has 0 aliphatic carbocycles. The minimum Gasteiger partial charge on any atom is -0.349 e. The topological polar surface area (TPSA) is 55.2 Å². The number of rotatable bonds is 3. The Kier molecular flexibility index (Phi) is 4.07. The average molecular weight is 342 g/mol. The summed E-state index contributed by atoms with van der Waals surface area (Å²) in [5, 5.41) is 14.5. The second-order valence-electron chi connectivity index (χ2n) is 4.03. The highest BCUT2D eigenvalue weighted by Gasteiger charge is 2.15. The summed E-state index contributed by atoms with van der Waals surface area (Å²) in [5.74, 6) is 0. The van der Waals surface area contributed by atoms with Gasteiger partial charge in [0.15, 0.2) is 0 Å². The number of halogens is 2. The minimum atomic E-state index is -0.435. The van der Waals surface area contributed by atoms with Crippen LogP contribution in [0.5, 0.6) is 0 Å². The molecule has 0 fully saturated rings. The van der Waals surface area contributed by atoms with Crippen LogP contribution >= 0.6 is 27.5 Å². The second-order valence-corrected chi connectivity index (χ2v) is 5.35. The molecule has 0 spiro atoms. The van der Waals surface area contributed by atoms with Crippen molar-refractivity contribution in [3.05, 3.63) is 61.6 Å². The zero-order valence-electron chi connectivity index (χ0n) is 9.98. The summed E-state index contributed by atoms with van der Waals surface area (Å²) in [6.45, 7) is 1.93. The van der Waals surface area contributed by atoms with Gasteiger partial charge in [-0.1, -0.05) is 33.6 Å². The van der Waals surface area contributed by atoms with E-state index in [9.17, 15) is 10.1 Å². The van der Waals surface area contributed by atoms with Crippen LogP contribution in [0.25, 0.3) is 0 Å². The van der Waals surface area contributed by atoms with E-state index in [0.29, 0.717) is 20.9 Å². The Balaban J connectivity index is 2.40. The Morgan fingerprint density at radius 1 is 1.21 bits per heavy atom. The Labute approximate surface area is 123 Å². The number of hydrogen-bond donors (Lipinski definition) is 1. The van der Waals surface area contributed by atoms with Crippen molar-refractivity contribution in [2.45, 2.75) is 6.92 Å². The first kappa shape index (κ1) is 13.8. The molecule has 0 aromatic heterocycles. The van der Waals surface area contributed by atoms with Gasteiger partial charge in [0.25, 0.3) is 5.69 Å². The number of hydrogen-bond acceptors (Lipinski definition) is 3. The summed E-state index contributed by atoms with van der Waals surface area (Å²) >= 11 is 9.32. The first-order chi connectivity index (χ1) is 8.97. The smallest absolute Gasteiger partial charge is 0.293 e. The zero-order chi connectivity index (χ0) is 14.0. The van der Waals surface area contributed by atoms with Crippen molar-refractivity contribution in [3.63, 3.8) is 0 Å². The molecule has 0 bridgehead atoms. The summed E-state index contributed by atoms with van der Waals surface area (Å²) in [6, 6.07) is 10.3. The van der Waals surface area contributed by atoms with Crippen LogP contribution < -0.4 is 5.32 Å². The molecular weight excluding hydrogens is 332 g/mol. The molecule has 1 N–H and O–H groups in total. The Bertz CT molecular complexity index is 647. The monoisotopic (exact) mass is 340 g/mol. The lowest BCUT2D eigenvalue weighted by Gasteiger charge is -2.09. The molecule has 0 saturated carbocycles. The number of anilines is 2. The van der Waals surface area contributed by atoms with Crippen LogP contribution in [0.15, 0.2) is 40.9 Å². The van der Waals surface area contributed by atoms with E-state index in [4.69, 9.17) is 11.6 Å². The standard InChI is InChI=1S/C13H10BrClN2O2/c1-8-2-4-11(10(15)6-8)16-12-5-3-9(14)7-13(12)17(18)19/h2-7,16H,1H3. The van der Waals surface area contributed by atoms with Gasteiger partial charge in [0, 0.05) is 10.5 Å².